The van der Waals surface area contributed by atoms with Crippen molar-refractivity contribution in [3.8, 4) is 0 Å². The molecular weight excluding hydrogens is 440 g/mol. The van der Waals surface area contributed by atoms with Gasteiger partial charge in [0.25, 0.3) is 0 Å². The summed E-state index contributed by atoms with van der Waals surface area (Å²) < 4.78 is 7.79. The molecular formula is C24H26N4O2S2. The molecule has 0 saturated carbocycles. The normalized spacial score (nSPS) is 22.4. The molecule has 1 aromatic heterocycles. The Morgan fingerprint density at radius 3 is 2.66 bits per heavy atom. The number of benzene rings is 2. The number of aryl methyl sites for hydroxylation is 2. The third-order valence-corrected chi connectivity index (χ3v) is 8.16. The molecule has 5 rings (SSSR count). The van der Waals surface area contributed by atoms with Gasteiger partial charge in [-0.15, -0.1) is 22.0 Å². The van der Waals surface area contributed by atoms with Gasteiger partial charge < -0.3 is 10.2 Å². The highest BCUT2D eigenvalue weighted by Crippen LogP contribution is 2.41. The molecule has 3 atom stereocenters. The average Bonchev–Trinajstić information content (AvgIpc) is 3.49. The van der Waals surface area contributed by atoms with E-state index >= 15 is 0 Å². The van der Waals surface area contributed by atoms with Crippen LogP contribution in [0, 0.1) is 13.8 Å². The van der Waals surface area contributed by atoms with Crippen LogP contribution < -0.4 is 5.43 Å². The molecule has 2 aliphatic rings. The van der Waals surface area contributed by atoms with Gasteiger partial charge in [0.15, 0.2) is 11.6 Å². The maximum atomic E-state index is 13.7. The molecule has 0 spiro atoms. The van der Waals surface area contributed by atoms with Crippen LogP contribution in [0.15, 0.2) is 52.5 Å². The van der Waals surface area contributed by atoms with Crippen molar-refractivity contribution in [2.45, 2.75) is 54.1 Å². The number of fused-ring (bicyclic) bond motifs is 1. The van der Waals surface area contributed by atoms with Crippen LogP contribution in [0.4, 0.5) is 0 Å². The molecule has 0 aliphatic carbocycles. The van der Waals surface area contributed by atoms with Crippen molar-refractivity contribution < 1.29 is 9.53 Å². The minimum absolute atomic E-state index is 0.0594. The second kappa shape index (κ2) is 8.92. The van der Waals surface area contributed by atoms with E-state index in [1.54, 1.807) is 11.8 Å². The van der Waals surface area contributed by atoms with Gasteiger partial charge in [0.2, 0.25) is 5.16 Å². The Hall–Kier alpha value is -2.29. The number of ether oxygens (including phenoxy) is 1. The van der Waals surface area contributed by atoms with E-state index in [-0.39, 0.29) is 23.2 Å². The molecule has 0 amide bonds. The predicted molar refractivity (Wildman–Crippen MR) is 128 cm³/mol. The molecule has 1 saturated heterocycles. The highest BCUT2D eigenvalue weighted by Gasteiger charge is 2.39. The lowest BCUT2D eigenvalue weighted by molar-refractivity contribution is 0.0974. The summed E-state index contributed by atoms with van der Waals surface area (Å²) >= 11 is 3.19. The number of hydrogen-bond donors (Lipinski definition) is 1. The van der Waals surface area contributed by atoms with E-state index in [1.807, 2.05) is 29.8 Å². The number of thioether (sulfide) groups is 2. The van der Waals surface area contributed by atoms with Gasteiger partial charge in [-0.25, -0.2) is 4.68 Å². The number of aromatic nitrogens is 3. The van der Waals surface area contributed by atoms with Crippen molar-refractivity contribution in [1.82, 2.24) is 14.9 Å². The Morgan fingerprint density at radius 1 is 1.16 bits per heavy atom. The Balaban J connectivity index is 1.53. The van der Waals surface area contributed by atoms with Gasteiger partial charge in [-0.2, -0.15) is 0 Å². The third-order valence-electron chi connectivity index (χ3n) is 6.20. The average molecular weight is 467 g/mol. The standard InChI is InChI=1S/C24H26N4O2S2/c1-14-6-7-17(13-15(14)2)21(29)22-20(16-8-10-18(31-3)11-9-16)27-28-23(19-5-4-12-30-19)25-26-24(28)32-22/h6-11,13,19-20,22,27H,4-5,12H2,1-3H3. The second-order valence-electron chi connectivity index (χ2n) is 8.26. The monoisotopic (exact) mass is 466 g/mol. The van der Waals surface area contributed by atoms with E-state index in [4.69, 9.17) is 4.74 Å². The number of carbonyl (C=O) groups excluding carboxylic acids is 1. The van der Waals surface area contributed by atoms with E-state index in [0.29, 0.717) is 5.16 Å². The van der Waals surface area contributed by atoms with Crippen molar-refractivity contribution in [3.63, 3.8) is 0 Å². The number of carbonyl (C=O) groups is 1. The Kier molecular flexibility index (Phi) is 6.01. The molecule has 1 fully saturated rings. The summed E-state index contributed by atoms with van der Waals surface area (Å²) in [6, 6.07) is 14.1. The van der Waals surface area contributed by atoms with E-state index in [9.17, 15) is 4.79 Å². The molecule has 2 aliphatic heterocycles. The quantitative estimate of drug-likeness (QED) is 0.414. The largest absolute Gasteiger partial charge is 0.370 e. The van der Waals surface area contributed by atoms with Crippen molar-refractivity contribution in [2.24, 2.45) is 0 Å². The van der Waals surface area contributed by atoms with Gasteiger partial charge >= 0.3 is 0 Å². The molecule has 8 heteroatoms. The molecule has 0 radical (unpaired) electrons. The number of ketones is 1. The summed E-state index contributed by atoms with van der Waals surface area (Å²) in [5.74, 6) is 0.880. The van der Waals surface area contributed by atoms with E-state index < -0.39 is 0 Å². The Labute approximate surface area is 196 Å². The Morgan fingerprint density at radius 2 is 1.97 bits per heavy atom. The first-order valence-corrected chi connectivity index (χ1v) is 12.9. The fourth-order valence-corrected chi connectivity index (χ4v) is 5.75. The first kappa shape index (κ1) is 21.6. The van der Waals surface area contributed by atoms with Crippen LogP contribution in [0.1, 0.15) is 57.9 Å². The number of rotatable bonds is 5. The molecule has 32 heavy (non-hydrogen) atoms. The van der Waals surface area contributed by atoms with Gasteiger partial charge in [0.05, 0.1) is 6.04 Å². The van der Waals surface area contributed by atoms with Crippen LogP contribution in [0.5, 0.6) is 0 Å². The first-order valence-electron chi connectivity index (χ1n) is 10.8. The zero-order valence-electron chi connectivity index (χ0n) is 18.4. The molecule has 3 unspecified atom stereocenters. The zero-order chi connectivity index (χ0) is 22.2. The zero-order valence-corrected chi connectivity index (χ0v) is 20.0. The van der Waals surface area contributed by atoms with Crippen molar-refractivity contribution in [1.29, 1.82) is 0 Å². The molecule has 6 nitrogen and oxygen atoms in total. The molecule has 3 heterocycles. The van der Waals surface area contributed by atoms with E-state index in [1.165, 1.54) is 22.2 Å². The first-order chi connectivity index (χ1) is 15.5. The topological polar surface area (TPSA) is 69.0 Å². The summed E-state index contributed by atoms with van der Waals surface area (Å²) in [5, 5.41) is 9.16. The van der Waals surface area contributed by atoms with E-state index in [2.05, 4.69) is 53.1 Å². The molecule has 166 valence electrons. The van der Waals surface area contributed by atoms with Crippen LogP contribution in [0.25, 0.3) is 0 Å². The summed E-state index contributed by atoms with van der Waals surface area (Å²) in [7, 11) is 0. The number of nitrogens with one attached hydrogen (secondary N) is 1. The van der Waals surface area contributed by atoms with Crippen LogP contribution in [-0.4, -0.2) is 38.8 Å². The third kappa shape index (κ3) is 3.95. The molecule has 1 N–H and O–H groups in total. The lowest BCUT2D eigenvalue weighted by atomic mass is 9.96. The maximum Gasteiger partial charge on any atom is 0.210 e. The van der Waals surface area contributed by atoms with Crippen LogP contribution in [0.3, 0.4) is 0 Å². The summed E-state index contributed by atoms with van der Waals surface area (Å²) in [4.78, 5) is 14.9. The smallest absolute Gasteiger partial charge is 0.210 e. The van der Waals surface area contributed by atoms with Crippen molar-refractivity contribution in [2.75, 3.05) is 18.3 Å². The van der Waals surface area contributed by atoms with Gasteiger partial charge in [0.1, 0.15) is 11.4 Å². The lowest BCUT2D eigenvalue weighted by Crippen LogP contribution is -2.39. The SMILES string of the molecule is CSc1ccc(C2Nn3c(nnc3C3CCCO3)SC2C(=O)c2ccc(C)c(C)c2)cc1. The predicted octanol–water partition coefficient (Wildman–Crippen LogP) is 5.11. The minimum atomic E-state index is -0.355. The second-order valence-corrected chi connectivity index (χ2v) is 10.2. The van der Waals surface area contributed by atoms with Crippen LogP contribution in [0.2, 0.25) is 0 Å². The number of Topliss-reactive ketones (excluding diaryl/α,β-unsaturated/α-hetero) is 1. The van der Waals surface area contributed by atoms with Gasteiger partial charge in [-0.3, -0.25) is 4.79 Å². The highest BCUT2D eigenvalue weighted by molar-refractivity contribution is 8.00. The summed E-state index contributed by atoms with van der Waals surface area (Å²) in [6.45, 7) is 4.85. The molecule has 3 aromatic rings. The minimum Gasteiger partial charge on any atom is -0.370 e. The fraction of sp³-hybridized carbons (Fsp3) is 0.375. The lowest BCUT2D eigenvalue weighted by Gasteiger charge is -2.33. The fourth-order valence-electron chi connectivity index (χ4n) is 4.18. The number of nitrogens with zero attached hydrogens (tertiary/aromatic N) is 3. The van der Waals surface area contributed by atoms with Gasteiger partial charge in [-0.05, 0) is 67.8 Å². The summed E-state index contributed by atoms with van der Waals surface area (Å²) in [5.41, 5.74) is 7.66. The van der Waals surface area contributed by atoms with Crippen LogP contribution >= 0.6 is 23.5 Å². The highest BCUT2D eigenvalue weighted by atomic mass is 32.2. The number of hydrogen-bond acceptors (Lipinski definition) is 7. The Bertz CT molecular complexity index is 1140. The van der Waals surface area contributed by atoms with Gasteiger partial charge in [0, 0.05) is 17.1 Å². The molecule has 0 bridgehead atoms. The van der Waals surface area contributed by atoms with E-state index in [0.717, 1.165) is 42.0 Å². The van der Waals surface area contributed by atoms with Crippen LogP contribution in [-0.2, 0) is 4.74 Å². The summed E-state index contributed by atoms with van der Waals surface area (Å²) in [6.07, 6.45) is 3.96. The van der Waals surface area contributed by atoms with Crippen molar-refractivity contribution in [3.05, 3.63) is 70.5 Å². The van der Waals surface area contributed by atoms with Crippen molar-refractivity contribution >= 4 is 29.3 Å². The van der Waals surface area contributed by atoms with Gasteiger partial charge in [-0.1, -0.05) is 36.0 Å². The molecule has 2 aromatic carbocycles. The maximum absolute atomic E-state index is 13.7.